The quantitative estimate of drug-likeness (QED) is 0.538. The zero-order valence-corrected chi connectivity index (χ0v) is 11.3. The highest BCUT2D eigenvalue weighted by Crippen LogP contribution is 2.18. The van der Waals surface area contributed by atoms with Gasteiger partial charge >= 0.3 is 0 Å². The van der Waals surface area contributed by atoms with Crippen LogP contribution in [0.3, 0.4) is 0 Å². The van der Waals surface area contributed by atoms with Crippen molar-refractivity contribution in [1.82, 2.24) is 14.7 Å². The van der Waals surface area contributed by atoms with Crippen LogP contribution in [0.5, 0.6) is 0 Å². The van der Waals surface area contributed by atoms with Crippen molar-refractivity contribution in [2.45, 2.75) is 6.54 Å². The molecule has 0 saturated carbocycles. The topological polar surface area (TPSA) is 104 Å². The summed E-state index contributed by atoms with van der Waals surface area (Å²) in [5.74, 6) is 0.628. The van der Waals surface area contributed by atoms with E-state index in [2.05, 4.69) is 10.1 Å². The Morgan fingerprint density at radius 3 is 2.95 bits per heavy atom. The summed E-state index contributed by atoms with van der Waals surface area (Å²) in [6.45, 7) is -0.0162. The van der Waals surface area contributed by atoms with E-state index in [1.807, 2.05) is 16.8 Å². The lowest BCUT2D eigenvalue weighted by Crippen LogP contribution is -2.19. The fourth-order valence-electron chi connectivity index (χ4n) is 1.72. The van der Waals surface area contributed by atoms with Gasteiger partial charge in [-0.1, -0.05) is 5.16 Å². The van der Waals surface area contributed by atoms with Crippen molar-refractivity contribution in [3.8, 4) is 11.4 Å². The second-order valence-electron chi connectivity index (χ2n) is 4.13. The number of aromatic nitrogens is 3. The summed E-state index contributed by atoms with van der Waals surface area (Å²) in [6.07, 6.45) is 1.15. The average Bonchev–Trinajstić information content (AvgIpc) is 3.11. The van der Waals surface area contributed by atoms with Crippen LogP contribution in [0.15, 0.2) is 44.5 Å². The number of thiophene rings is 1. The molecule has 0 spiro atoms. The normalized spacial score (nSPS) is 10.7. The SMILES string of the molecule is O=c1ccc([N+](=O)[O-])cn1Cc1nc(-c2ccsc2)no1. The molecule has 0 amide bonds. The first-order chi connectivity index (χ1) is 10.1. The molecule has 8 nitrogen and oxygen atoms in total. The van der Waals surface area contributed by atoms with Gasteiger partial charge in [-0.2, -0.15) is 16.3 Å². The third-order valence-corrected chi connectivity index (χ3v) is 3.41. The van der Waals surface area contributed by atoms with E-state index in [-0.39, 0.29) is 23.7 Å². The molecule has 9 heteroatoms. The fourth-order valence-corrected chi connectivity index (χ4v) is 2.36. The van der Waals surface area contributed by atoms with Gasteiger partial charge in [0.1, 0.15) is 6.54 Å². The molecule has 0 saturated heterocycles. The van der Waals surface area contributed by atoms with Crippen LogP contribution in [-0.2, 0) is 6.54 Å². The molecule has 3 heterocycles. The van der Waals surface area contributed by atoms with Crippen molar-refractivity contribution >= 4 is 17.0 Å². The first-order valence-electron chi connectivity index (χ1n) is 5.83. The molecule has 0 aliphatic rings. The van der Waals surface area contributed by atoms with Gasteiger partial charge in [0, 0.05) is 23.1 Å². The van der Waals surface area contributed by atoms with Gasteiger partial charge in [0.2, 0.25) is 11.7 Å². The van der Waals surface area contributed by atoms with Crippen LogP contribution in [0.25, 0.3) is 11.4 Å². The number of hydrogen-bond donors (Lipinski definition) is 0. The van der Waals surface area contributed by atoms with E-state index in [0.717, 1.165) is 28.5 Å². The molecule has 0 aliphatic heterocycles. The zero-order valence-electron chi connectivity index (χ0n) is 10.5. The van der Waals surface area contributed by atoms with Crippen LogP contribution in [0.1, 0.15) is 5.89 Å². The monoisotopic (exact) mass is 304 g/mol. The number of rotatable bonds is 4. The summed E-state index contributed by atoms with van der Waals surface area (Å²) in [6, 6.07) is 4.14. The van der Waals surface area contributed by atoms with Crippen LogP contribution in [0.4, 0.5) is 5.69 Å². The van der Waals surface area contributed by atoms with Crippen molar-refractivity contribution in [2.75, 3.05) is 0 Å². The predicted molar refractivity (Wildman–Crippen MR) is 74.1 cm³/mol. The molecule has 0 bridgehead atoms. The number of nitro groups is 1. The number of pyridine rings is 1. The van der Waals surface area contributed by atoms with E-state index < -0.39 is 4.92 Å². The Labute approximate surface area is 121 Å². The third kappa shape index (κ3) is 2.72. The molecule has 3 rings (SSSR count). The van der Waals surface area contributed by atoms with Crippen molar-refractivity contribution in [3.63, 3.8) is 0 Å². The highest BCUT2D eigenvalue weighted by Gasteiger charge is 2.12. The molecular formula is C12H8N4O4S. The minimum atomic E-state index is -0.569. The molecule has 0 radical (unpaired) electrons. The molecule has 0 N–H and O–H groups in total. The Balaban J connectivity index is 1.89. The van der Waals surface area contributed by atoms with E-state index in [0.29, 0.717) is 5.82 Å². The van der Waals surface area contributed by atoms with Crippen molar-refractivity contribution < 1.29 is 9.45 Å². The summed E-state index contributed by atoms with van der Waals surface area (Å²) in [7, 11) is 0. The number of nitrogens with zero attached hydrogens (tertiary/aromatic N) is 4. The highest BCUT2D eigenvalue weighted by atomic mass is 32.1. The van der Waals surface area contributed by atoms with Gasteiger partial charge in [0.25, 0.3) is 11.2 Å². The first kappa shape index (κ1) is 13.2. The fraction of sp³-hybridized carbons (Fsp3) is 0.0833. The molecule has 3 aromatic rings. The van der Waals surface area contributed by atoms with Gasteiger partial charge in [-0.25, -0.2) is 0 Å². The maximum Gasteiger partial charge on any atom is 0.285 e. The highest BCUT2D eigenvalue weighted by molar-refractivity contribution is 7.08. The molecular weight excluding hydrogens is 296 g/mol. The van der Waals surface area contributed by atoms with Crippen LogP contribution in [-0.4, -0.2) is 19.6 Å². The molecule has 0 fully saturated rings. The lowest BCUT2D eigenvalue weighted by Gasteiger charge is -2.00. The second kappa shape index (κ2) is 5.29. The summed E-state index contributed by atoms with van der Waals surface area (Å²) in [5, 5.41) is 18.3. The molecule has 106 valence electrons. The Morgan fingerprint density at radius 2 is 2.24 bits per heavy atom. The molecule has 0 atom stereocenters. The van der Waals surface area contributed by atoms with E-state index >= 15 is 0 Å². The molecule has 21 heavy (non-hydrogen) atoms. The van der Waals surface area contributed by atoms with Gasteiger partial charge < -0.3 is 4.52 Å². The summed E-state index contributed by atoms with van der Waals surface area (Å²) >= 11 is 1.50. The smallest absolute Gasteiger partial charge is 0.285 e. The Kier molecular flexibility index (Phi) is 3.32. The Hall–Kier alpha value is -2.81. The van der Waals surface area contributed by atoms with Crippen LogP contribution in [0, 0.1) is 10.1 Å². The van der Waals surface area contributed by atoms with Gasteiger partial charge in [-0.3, -0.25) is 19.5 Å². The van der Waals surface area contributed by atoms with E-state index in [1.54, 1.807) is 0 Å². The van der Waals surface area contributed by atoms with E-state index in [1.165, 1.54) is 11.3 Å². The summed E-state index contributed by atoms with van der Waals surface area (Å²) < 4.78 is 6.22. The average molecular weight is 304 g/mol. The number of hydrogen-bond acceptors (Lipinski definition) is 7. The van der Waals surface area contributed by atoms with Crippen molar-refractivity contribution in [3.05, 3.63) is 61.5 Å². The Bertz CT molecular complexity index is 837. The van der Waals surface area contributed by atoms with Gasteiger partial charge in [0.05, 0.1) is 11.1 Å². The molecule has 0 unspecified atom stereocenters. The van der Waals surface area contributed by atoms with Crippen molar-refractivity contribution in [1.29, 1.82) is 0 Å². The largest absolute Gasteiger partial charge is 0.337 e. The van der Waals surface area contributed by atoms with Gasteiger partial charge in [-0.15, -0.1) is 0 Å². The summed E-state index contributed by atoms with van der Waals surface area (Å²) in [4.78, 5) is 26.0. The zero-order chi connectivity index (χ0) is 14.8. The maximum absolute atomic E-state index is 11.7. The summed E-state index contributed by atoms with van der Waals surface area (Å²) in [5.41, 5.74) is 0.268. The van der Waals surface area contributed by atoms with Gasteiger partial charge in [0.15, 0.2) is 0 Å². The second-order valence-corrected chi connectivity index (χ2v) is 4.91. The minimum Gasteiger partial charge on any atom is -0.337 e. The van der Waals surface area contributed by atoms with Crippen LogP contribution >= 0.6 is 11.3 Å². The van der Waals surface area contributed by atoms with Gasteiger partial charge in [-0.05, 0) is 11.4 Å². The van der Waals surface area contributed by atoms with Crippen LogP contribution < -0.4 is 5.56 Å². The third-order valence-electron chi connectivity index (χ3n) is 2.73. The van der Waals surface area contributed by atoms with Crippen LogP contribution in [0.2, 0.25) is 0 Å². The molecule has 0 aromatic carbocycles. The minimum absolute atomic E-state index is 0.0162. The van der Waals surface area contributed by atoms with E-state index in [4.69, 9.17) is 4.52 Å². The lowest BCUT2D eigenvalue weighted by molar-refractivity contribution is -0.385. The standard InChI is InChI=1S/C12H8N4O4S/c17-11-2-1-9(16(18)19)5-15(11)6-10-13-12(14-20-10)8-3-4-21-7-8/h1-5,7H,6H2. The lowest BCUT2D eigenvalue weighted by atomic mass is 10.3. The molecule has 0 aliphatic carbocycles. The first-order valence-corrected chi connectivity index (χ1v) is 6.78. The van der Waals surface area contributed by atoms with Crippen molar-refractivity contribution in [2.24, 2.45) is 0 Å². The molecule has 3 aromatic heterocycles. The Morgan fingerprint density at radius 1 is 1.38 bits per heavy atom. The van der Waals surface area contributed by atoms with E-state index in [9.17, 15) is 14.9 Å². The maximum atomic E-state index is 11.7. The predicted octanol–water partition coefficient (Wildman–Crippen LogP) is 1.92.